The minimum Gasteiger partial charge on any atom is -0.497 e. The molecule has 0 bridgehead atoms. The van der Waals surface area contributed by atoms with Gasteiger partial charge in [-0.1, -0.05) is 72.3 Å². The van der Waals surface area contributed by atoms with Crippen molar-refractivity contribution in [3.8, 4) is 5.75 Å². The molecule has 2 aliphatic rings. The van der Waals surface area contributed by atoms with Crippen molar-refractivity contribution in [1.29, 1.82) is 0 Å². The van der Waals surface area contributed by atoms with E-state index in [0.29, 0.717) is 18.0 Å². The zero-order chi connectivity index (χ0) is 24.9. The van der Waals surface area contributed by atoms with Crippen molar-refractivity contribution < 1.29 is 9.53 Å². The number of halogens is 1. The number of benzene rings is 3. The molecule has 3 aromatic rings. The smallest absolute Gasteiger partial charge is 0.257 e. The van der Waals surface area contributed by atoms with Gasteiger partial charge in [0.15, 0.2) is 0 Å². The van der Waals surface area contributed by atoms with Crippen molar-refractivity contribution in [3.05, 3.63) is 101 Å². The third-order valence-electron chi connectivity index (χ3n) is 6.91. The van der Waals surface area contributed by atoms with Gasteiger partial charge in [0, 0.05) is 49.7 Å². The molecule has 0 aromatic heterocycles. The van der Waals surface area contributed by atoms with Crippen LogP contribution in [0, 0.1) is 0 Å². The van der Waals surface area contributed by atoms with E-state index in [0.717, 1.165) is 55.3 Å². The molecule has 1 amide bonds. The molecule has 36 heavy (non-hydrogen) atoms. The molecule has 0 aliphatic carbocycles. The average molecular weight is 503 g/mol. The molecule has 5 rings (SSSR count). The van der Waals surface area contributed by atoms with E-state index in [1.165, 1.54) is 5.56 Å². The fourth-order valence-corrected chi connectivity index (χ4v) is 5.18. The van der Waals surface area contributed by atoms with Crippen molar-refractivity contribution in [2.75, 3.05) is 39.8 Å². The molecule has 0 unspecified atom stereocenters. The van der Waals surface area contributed by atoms with Crippen LogP contribution in [0.4, 0.5) is 0 Å². The molecule has 2 aliphatic heterocycles. The van der Waals surface area contributed by atoms with Crippen LogP contribution in [0.5, 0.6) is 5.75 Å². The first-order valence-electron chi connectivity index (χ1n) is 12.4. The first-order valence-corrected chi connectivity index (χ1v) is 12.8. The molecule has 1 saturated heterocycles. The fraction of sp³-hybridized carbons (Fsp3) is 0.310. The van der Waals surface area contributed by atoms with E-state index in [-0.39, 0.29) is 11.9 Å². The molecular weight excluding hydrogens is 472 g/mol. The number of amides is 1. The van der Waals surface area contributed by atoms with Gasteiger partial charge in [0.1, 0.15) is 5.75 Å². The number of hydrogen-bond acceptors (Lipinski definition) is 5. The van der Waals surface area contributed by atoms with Crippen LogP contribution in [-0.4, -0.2) is 66.3 Å². The summed E-state index contributed by atoms with van der Waals surface area (Å²) in [6, 6.07) is 25.8. The Balaban J connectivity index is 1.29. The average Bonchev–Trinajstić information content (AvgIpc) is 3.36. The first-order chi connectivity index (χ1) is 17.6. The number of methoxy groups -OCH3 is 1. The number of hydrazone groups is 1. The monoisotopic (exact) mass is 502 g/mol. The lowest BCUT2D eigenvalue weighted by molar-refractivity contribution is -0.134. The lowest BCUT2D eigenvalue weighted by Crippen LogP contribution is -2.49. The van der Waals surface area contributed by atoms with Gasteiger partial charge in [-0.05, 0) is 29.3 Å². The van der Waals surface area contributed by atoms with Crippen LogP contribution in [0.2, 0.25) is 5.02 Å². The summed E-state index contributed by atoms with van der Waals surface area (Å²) in [4.78, 5) is 18.2. The highest BCUT2D eigenvalue weighted by Crippen LogP contribution is 2.36. The Bertz CT molecular complexity index is 1220. The maximum atomic E-state index is 13.6. The summed E-state index contributed by atoms with van der Waals surface area (Å²) in [5, 5.41) is 7.11. The topological polar surface area (TPSA) is 48.4 Å². The summed E-state index contributed by atoms with van der Waals surface area (Å²) in [5.41, 5.74) is 4.05. The summed E-state index contributed by atoms with van der Waals surface area (Å²) in [7, 11) is 1.65. The highest BCUT2D eigenvalue weighted by atomic mass is 35.5. The molecule has 0 radical (unpaired) electrons. The minimum absolute atomic E-state index is 0.00525. The van der Waals surface area contributed by atoms with Gasteiger partial charge in [-0.25, -0.2) is 5.01 Å². The summed E-state index contributed by atoms with van der Waals surface area (Å²) in [6.45, 7) is 4.88. The van der Waals surface area contributed by atoms with Crippen LogP contribution in [0.3, 0.4) is 0 Å². The number of nitrogens with zero attached hydrogens (tertiary/aromatic N) is 4. The molecule has 3 aromatic carbocycles. The van der Waals surface area contributed by atoms with Crippen molar-refractivity contribution in [3.63, 3.8) is 0 Å². The second kappa shape index (κ2) is 11.2. The zero-order valence-corrected chi connectivity index (χ0v) is 21.3. The van der Waals surface area contributed by atoms with E-state index in [1.54, 1.807) is 12.1 Å². The predicted octanol–water partition coefficient (Wildman–Crippen LogP) is 4.84. The maximum absolute atomic E-state index is 13.6. The van der Waals surface area contributed by atoms with E-state index < -0.39 is 0 Å². The van der Waals surface area contributed by atoms with Crippen LogP contribution >= 0.6 is 11.6 Å². The normalized spacial score (nSPS) is 18.8. The van der Waals surface area contributed by atoms with Crippen LogP contribution in [0.15, 0.2) is 84.0 Å². The Labute approximate surface area is 217 Å². The molecule has 0 saturated carbocycles. The van der Waals surface area contributed by atoms with Gasteiger partial charge in [0.25, 0.3) is 5.91 Å². The van der Waals surface area contributed by atoms with Gasteiger partial charge in [-0.3, -0.25) is 14.6 Å². The van der Waals surface area contributed by atoms with Gasteiger partial charge in [-0.15, -0.1) is 0 Å². The third kappa shape index (κ3) is 5.62. The highest BCUT2D eigenvalue weighted by molar-refractivity contribution is 6.31. The van der Waals surface area contributed by atoms with Crippen molar-refractivity contribution in [2.45, 2.75) is 19.0 Å². The van der Waals surface area contributed by atoms with Crippen LogP contribution in [-0.2, 0) is 11.3 Å². The number of rotatable bonds is 7. The van der Waals surface area contributed by atoms with Crippen molar-refractivity contribution in [2.24, 2.45) is 5.10 Å². The third-order valence-corrected chi connectivity index (χ3v) is 7.25. The fourth-order valence-electron chi connectivity index (χ4n) is 4.92. The summed E-state index contributed by atoms with van der Waals surface area (Å²) in [5.74, 6) is 0.761. The van der Waals surface area contributed by atoms with Gasteiger partial charge in [0.2, 0.25) is 0 Å². The van der Waals surface area contributed by atoms with Crippen molar-refractivity contribution >= 4 is 23.2 Å². The molecule has 1 atom stereocenters. The lowest BCUT2D eigenvalue weighted by Gasteiger charge is -2.35. The molecule has 1 fully saturated rings. The van der Waals surface area contributed by atoms with E-state index in [9.17, 15) is 4.79 Å². The number of carbonyl (C=O) groups excluding carboxylic acids is 1. The molecule has 186 valence electrons. The highest BCUT2D eigenvalue weighted by Gasteiger charge is 2.35. The zero-order valence-electron chi connectivity index (χ0n) is 20.5. The minimum atomic E-state index is -0.230. The second-order valence-corrected chi connectivity index (χ2v) is 9.70. The Hall–Kier alpha value is -3.19. The van der Waals surface area contributed by atoms with Crippen molar-refractivity contribution in [1.82, 2.24) is 14.8 Å². The number of carbonyl (C=O) groups is 1. The molecule has 6 nitrogen and oxygen atoms in total. The Morgan fingerprint density at radius 2 is 1.67 bits per heavy atom. The van der Waals surface area contributed by atoms with E-state index in [1.807, 2.05) is 54.6 Å². The number of piperazine rings is 1. The largest absolute Gasteiger partial charge is 0.497 e. The second-order valence-electron chi connectivity index (χ2n) is 9.30. The van der Waals surface area contributed by atoms with E-state index >= 15 is 0 Å². The lowest BCUT2D eigenvalue weighted by atomic mass is 9.98. The maximum Gasteiger partial charge on any atom is 0.257 e. The predicted molar refractivity (Wildman–Crippen MR) is 143 cm³/mol. The quantitative estimate of drug-likeness (QED) is 0.463. The Kier molecular flexibility index (Phi) is 7.66. The van der Waals surface area contributed by atoms with Crippen LogP contribution < -0.4 is 4.74 Å². The van der Waals surface area contributed by atoms with Gasteiger partial charge < -0.3 is 4.74 Å². The molecule has 0 N–H and O–H groups in total. The SMILES string of the molecule is COc1cccc(C2=NN(C(=O)CN3CCN(Cc4ccccc4)CC3)[C@@H](c3ccccc3Cl)C2)c1. The molecule has 0 spiro atoms. The summed E-state index contributed by atoms with van der Waals surface area (Å²) in [6.07, 6.45) is 0.605. The van der Waals surface area contributed by atoms with Gasteiger partial charge in [0.05, 0.1) is 25.4 Å². The molecule has 2 heterocycles. The first kappa shape index (κ1) is 24.5. The molecule has 7 heteroatoms. The Morgan fingerprint density at radius 1 is 0.944 bits per heavy atom. The standard InChI is InChI=1S/C29H31ClN4O2/c1-36-24-11-7-10-23(18-24)27-19-28(25-12-5-6-13-26(25)30)34(31-27)29(35)21-33-16-14-32(15-17-33)20-22-8-3-2-4-9-22/h2-13,18,28H,14-17,19-21H2,1H3/t28-/m1/s1. The summed E-state index contributed by atoms with van der Waals surface area (Å²) >= 11 is 6.57. The number of hydrogen-bond donors (Lipinski definition) is 0. The molecular formula is C29H31ClN4O2. The van der Waals surface area contributed by atoms with Gasteiger partial charge in [-0.2, -0.15) is 5.10 Å². The number of ether oxygens (including phenoxy) is 1. The van der Waals surface area contributed by atoms with E-state index in [2.05, 4.69) is 34.1 Å². The van der Waals surface area contributed by atoms with Crippen LogP contribution in [0.1, 0.15) is 29.2 Å². The summed E-state index contributed by atoms with van der Waals surface area (Å²) < 4.78 is 5.40. The van der Waals surface area contributed by atoms with Crippen LogP contribution in [0.25, 0.3) is 0 Å². The Morgan fingerprint density at radius 3 is 2.42 bits per heavy atom. The van der Waals surface area contributed by atoms with Gasteiger partial charge >= 0.3 is 0 Å². The van der Waals surface area contributed by atoms with E-state index in [4.69, 9.17) is 21.4 Å².